The van der Waals surface area contributed by atoms with Crippen molar-refractivity contribution in [2.24, 2.45) is 0 Å². The minimum Gasteiger partial charge on any atom is -0.491 e. The Hall–Kier alpha value is -1.80. The van der Waals surface area contributed by atoms with E-state index in [1.54, 1.807) is 4.90 Å². The molecule has 0 spiro atoms. The lowest BCUT2D eigenvalue weighted by Gasteiger charge is -2.37. The summed E-state index contributed by atoms with van der Waals surface area (Å²) in [6.45, 7) is 6.59. The molecule has 1 atom stereocenters. The second kappa shape index (κ2) is 7.84. The van der Waals surface area contributed by atoms with Gasteiger partial charge in [-0.15, -0.1) is 0 Å². The van der Waals surface area contributed by atoms with Gasteiger partial charge in [-0.1, -0.05) is 0 Å². The van der Waals surface area contributed by atoms with Crippen LogP contribution in [-0.4, -0.2) is 74.1 Å². The molecule has 2 heterocycles. The quantitative estimate of drug-likeness (QED) is 0.861. The highest BCUT2D eigenvalue weighted by molar-refractivity contribution is 7.91. The molecule has 0 bridgehead atoms. The van der Waals surface area contributed by atoms with Crippen LogP contribution in [0.1, 0.15) is 20.3 Å². The topological polar surface area (TPSA) is 79.0 Å². The summed E-state index contributed by atoms with van der Waals surface area (Å²) in [5.41, 5.74) is 0.732. The Kier molecular flexibility index (Phi) is 5.72. The number of ether oxygens (including phenoxy) is 1. The maximum Gasteiger partial charge on any atom is 0.321 e. The smallest absolute Gasteiger partial charge is 0.321 e. The first-order chi connectivity index (χ1) is 12.3. The van der Waals surface area contributed by atoms with Crippen molar-refractivity contribution in [3.63, 3.8) is 0 Å². The van der Waals surface area contributed by atoms with Gasteiger partial charge in [0.05, 0.1) is 17.6 Å². The number of hydrogen-bond acceptors (Lipinski definition) is 5. The fraction of sp³-hybridized carbons (Fsp3) is 0.611. The van der Waals surface area contributed by atoms with E-state index in [2.05, 4.69) is 10.2 Å². The molecule has 8 heteroatoms. The number of carbonyl (C=O) groups excluding carboxylic acids is 1. The minimum absolute atomic E-state index is 0.110. The molecule has 2 fully saturated rings. The molecule has 26 heavy (non-hydrogen) atoms. The Bertz CT molecular complexity index is 725. The zero-order chi connectivity index (χ0) is 18.7. The average molecular weight is 381 g/mol. The highest BCUT2D eigenvalue weighted by Gasteiger charge is 2.34. The van der Waals surface area contributed by atoms with Gasteiger partial charge in [-0.25, -0.2) is 13.2 Å². The maximum atomic E-state index is 12.4. The molecule has 0 aromatic heterocycles. The lowest BCUT2D eigenvalue weighted by Crippen LogP contribution is -2.53. The van der Waals surface area contributed by atoms with Crippen LogP contribution in [0.5, 0.6) is 5.75 Å². The van der Waals surface area contributed by atoms with Gasteiger partial charge in [-0.3, -0.25) is 4.90 Å². The summed E-state index contributed by atoms with van der Waals surface area (Å²) in [5.74, 6) is 1.32. The van der Waals surface area contributed by atoms with Crippen molar-refractivity contribution in [1.29, 1.82) is 0 Å². The fourth-order valence-corrected chi connectivity index (χ4v) is 5.21. The summed E-state index contributed by atoms with van der Waals surface area (Å²) < 4.78 is 28.9. The zero-order valence-electron chi connectivity index (χ0n) is 15.3. The van der Waals surface area contributed by atoms with Gasteiger partial charge in [0.2, 0.25) is 0 Å². The molecular formula is C18H27N3O4S. The number of nitrogens with zero attached hydrogens (tertiary/aromatic N) is 2. The number of carbonyl (C=O) groups is 1. The Morgan fingerprint density at radius 3 is 2.35 bits per heavy atom. The number of nitrogens with one attached hydrogen (secondary N) is 1. The van der Waals surface area contributed by atoms with Crippen molar-refractivity contribution in [1.82, 2.24) is 9.80 Å². The lowest BCUT2D eigenvalue weighted by atomic mass is 10.2. The fourth-order valence-electron chi connectivity index (χ4n) is 3.45. The standard InChI is InChI=1S/C18H27N3O4S/c1-14(2)25-17-5-3-15(4-6-17)19-18(22)21-10-8-20(9-11-21)16-7-12-26(23,24)13-16/h3-6,14,16H,7-13H2,1-2H3,(H,19,22). The number of amides is 2. The summed E-state index contributed by atoms with van der Waals surface area (Å²) in [6, 6.07) is 7.33. The van der Waals surface area contributed by atoms with Crippen LogP contribution in [0.2, 0.25) is 0 Å². The number of urea groups is 1. The van der Waals surface area contributed by atoms with Gasteiger partial charge in [0.15, 0.2) is 9.84 Å². The Morgan fingerprint density at radius 2 is 1.81 bits per heavy atom. The predicted octanol–water partition coefficient (Wildman–Crippen LogP) is 1.81. The Balaban J connectivity index is 1.48. The largest absolute Gasteiger partial charge is 0.491 e. The van der Waals surface area contributed by atoms with Gasteiger partial charge in [0.1, 0.15) is 5.75 Å². The molecular weight excluding hydrogens is 354 g/mol. The second-order valence-corrected chi connectivity index (χ2v) is 9.43. The van der Waals surface area contributed by atoms with E-state index >= 15 is 0 Å². The van der Waals surface area contributed by atoms with Crippen LogP contribution in [0.4, 0.5) is 10.5 Å². The molecule has 2 saturated heterocycles. The van der Waals surface area contributed by atoms with Crippen LogP contribution in [0.25, 0.3) is 0 Å². The molecule has 1 aromatic carbocycles. The van der Waals surface area contributed by atoms with E-state index in [1.165, 1.54) is 0 Å². The number of benzene rings is 1. The molecule has 0 aliphatic carbocycles. The van der Waals surface area contributed by atoms with Crippen LogP contribution >= 0.6 is 0 Å². The number of rotatable bonds is 4. The van der Waals surface area contributed by atoms with Gasteiger partial charge in [0, 0.05) is 37.9 Å². The molecule has 1 unspecified atom stereocenters. The highest BCUT2D eigenvalue weighted by Crippen LogP contribution is 2.20. The minimum atomic E-state index is -2.87. The molecule has 7 nitrogen and oxygen atoms in total. The van der Waals surface area contributed by atoms with Gasteiger partial charge in [0.25, 0.3) is 0 Å². The Morgan fingerprint density at radius 1 is 1.15 bits per heavy atom. The van der Waals surface area contributed by atoms with E-state index in [4.69, 9.17) is 4.74 Å². The molecule has 1 N–H and O–H groups in total. The molecule has 2 aliphatic rings. The number of anilines is 1. The Labute approximate surface area is 155 Å². The van der Waals surface area contributed by atoms with Crippen LogP contribution in [0, 0.1) is 0 Å². The van der Waals surface area contributed by atoms with Crippen molar-refractivity contribution < 1.29 is 17.9 Å². The van der Waals surface area contributed by atoms with Crippen LogP contribution in [0.3, 0.4) is 0 Å². The monoisotopic (exact) mass is 381 g/mol. The van der Waals surface area contributed by atoms with E-state index < -0.39 is 9.84 Å². The normalized spacial score (nSPS) is 23.2. The van der Waals surface area contributed by atoms with Gasteiger partial charge in [-0.05, 0) is 44.5 Å². The van der Waals surface area contributed by atoms with Crippen LogP contribution < -0.4 is 10.1 Å². The zero-order valence-corrected chi connectivity index (χ0v) is 16.2. The van der Waals surface area contributed by atoms with Crippen molar-refractivity contribution in [2.75, 3.05) is 43.0 Å². The average Bonchev–Trinajstić information content (AvgIpc) is 2.96. The first kappa shape index (κ1) is 19.0. The highest BCUT2D eigenvalue weighted by atomic mass is 32.2. The molecule has 0 saturated carbocycles. The van der Waals surface area contributed by atoms with E-state index in [9.17, 15) is 13.2 Å². The van der Waals surface area contributed by atoms with Crippen molar-refractivity contribution in [2.45, 2.75) is 32.4 Å². The number of sulfone groups is 1. The van der Waals surface area contributed by atoms with Crippen LogP contribution in [-0.2, 0) is 9.84 Å². The first-order valence-corrected chi connectivity index (χ1v) is 10.9. The molecule has 3 rings (SSSR count). The first-order valence-electron chi connectivity index (χ1n) is 9.09. The number of piperazine rings is 1. The molecule has 1 aromatic rings. The lowest BCUT2D eigenvalue weighted by molar-refractivity contribution is 0.121. The van der Waals surface area contributed by atoms with E-state index in [0.717, 1.165) is 24.5 Å². The summed E-state index contributed by atoms with van der Waals surface area (Å²) in [4.78, 5) is 16.4. The molecule has 0 radical (unpaired) electrons. The molecule has 2 amide bonds. The molecule has 2 aliphatic heterocycles. The SMILES string of the molecule is CC(C)Oc1ccc(NC(=O)N2CCN(C3CCS(=O)(=O)C3)CC2)cc1. The van der Waals surface area contributed by atoms with Gasteiger partial charge in [-0.2, -0.15) is 0 Å². The number of hydrogen-bond donors (Lipinski definition) is 1. The van der Waals surface area contributed by atoms with E-state index in [1.807, 2.05) is 38.1 Å². The predicted molar refractivity (Wildman–Crippen MR) is 101 cm³/mol. The summed E-state index contributed by atoms with van der Waals surface area (Å²) in [7, 11) is -2.87. The van der Waals surface area contributed by atoms with E-state index in [0.29, 0.717) is 19.5 Å². The molecule has 144 valence electrons. The third-order valence-electron chi connectivity index (χ3n) is 4.80. The third-order valence-corrected chi connectivity index (χ3v) is 6.55. The second-order valence-electron chi connectivity index (χ2n) is 7.20. The van der Waals surface area contributed by atoms with Gasteiger partial charge >= 0.3 is 6.03 Å². The third kappa shape index (κ3) is 4.88. The van der Waals surface area contributed by atoms with Crippen molar-refractivity contribution >= 4 is 21.6 Å². The summed E-state index contributed by atoms with van der Waals surface area (Å²) >= 11 is 0. The van der Waals surface area contributed by atoms with Crippen molar-refractivity contribution in [3.05, 3.63) is 24.3 Å². The van der Waals surface area contributed by atoms with E-state index in [-0.39, 0.29) is 29.7 Å². The summed E-state index contributed by atoms with van der Waals surface area (Å²) in [5, 5.41) is 2.91. The van der Waals surface area contributed by atoms with Crippen molar-refractivity contribution in [3.8, 4) is 5.75 Å². The van der Waals surface area contributed by atoms with Crippen LogP contribution in [0.15, 0.2) is 24.3 Å². The summed E-state index contributed by atoms with van der Waals surface area (Å²) in [6.07, 6.45) is 0.820. The van der Waals surface area contributed by atoms with Gasteiger partial charge < -0.3 is 15.0 Å². The maximum absolute atomic E-state index is 12.4.